The third-order valence-electron chi connectivity index (χ3n) is 1.53. The molecule has 1 N–H and O–H groups in total. The van der Waals surface area contributed by atoms with Crippen LogP contribution in [0.4, 0.5) is 0 Å². The Hall–Kier alpha value is -0.913. The molecule has 0 spiro atoms. The van der Waals surface area contributed by atoms with E-state index in [1.807, 2.05) is 0 Å². The number of hydrogen-bond donors (Lipinski definition) is 1. The standard InChI is InChI=1S/C8H8O3.Li/c1-5-6(8(10)11)3-2-4-7(5)9;/h2-4,9H,1H3,(H,10,11);/q;+1/p-1. The third-order valence-corrected chi connectivity index (χ3v) is 1.53. The van der Waals surface area contributed by atoms with Gasteiger partial charge in [0, 0.05) is 5.56 Å². The number of phenols is 1. The summed E-state index contributed by atoms with van der Waals surface area (Å²) in [6.45, 7) is 1.53. The first-order valence-electron chi connectivity index (χ1n) is 3.13. The Balaban J connectivity index is 0.00000121. The fourth-order valence-corrected chi connectivity index (χ4v) is 0.845. The van der Waals surface area contributed by atoms with Crippen molar-refractivity contribution in [2.45, 2.75) is 6.92 Å². The van der Waals surface area contributed by atoms with Gasteiger partial charge in [0.25, 0.3) is 0 Å². The van der Waals surface area contributed by atoms with Crippen molar-refractivity contribution in [2.24, 2.45) is 0 Å². The Bertz CT molecular complexity index is 296. The Kier molecular flexibility index (Phi) is 3.88. The van der Waals surface area contributed by atoms with E-state index in [0.29, 0.717) is 5.56 Å². The van der Waals surface area contributed by atoms with Gasteiger partial charge >= 0.3 is 18.9 Å². The smallest absolute Gasteiger partial charge is 0.545 e. The summed E-state index contributed by atoms with van der Waals surface area (Å²) < 4.78 is 0. The molecule has 0 aliphatic rings. The van der Waals surface area contributed by atoms with Gasteiger partial charge in [-0.15, -0.1) is 0 Å². The molecule has 1 aromatic carbocycles. The summed E-state index contributed by atoms with van der Waals surface area (Å²) in [4.78, 5) is 10.4. The molecule has 1 aromatic rings. The molecule has 4 heteroatoms. The number of carboxylic acid groups (broad SMARTS) is 1. The second-order valence-corrected chi connectivity index (χ2v) is 2.24. The van der Waals surface area contributed by atoms with E-state index >= 15 is 0 Å². The summed E-state index contributed by atoms with van der Waals surface area (Å²) in [6, 6.07) is 4.29. The van der Waals surface area contributed by atoms with E-state index < -0.39 is 5.97 Å². The number of aromatic carboxylic acids is 1. The van der Waals surface area contributed by atoms with Crippen LogP contribution >= 0.6 is 0 Å². The second-order valence-electron chi connectivity index (χ2n) is 2.24. The van der Waals surface area contributed by atoms with Crippen LogP contribution in [0.1, 0.15) is 15.9 Å². The van der Waals surface area contributed by atoms with Gasteiger partial charge in [-0.05, 0) is 18.6 Å². The van der Waals surface area contributed by atoms with Crippen molar-refractivity contribution >= 4 is 5.97 Å². The van der Waals surface area contributed by atoms with Crippen molar-refractivity contribution in [2.75, 3.05) is 0 Å². The first kappa shape index (κ1) is 11.1. The molecule has 0 bridgehead atoms. The summed E-state index contributed by atoms with van der Waals surface area (Å²) in [6.07, 6.45) is 0. The maximum Gasteiger partial charge on any atom is 1.00 e. The normalized spacial score (nSPS) is 8.75. The molecule has 0 saturated carbocycles. The molecule has 0 atom stereocenters. The fourth-order valence-electron chi connectivity index (χ4n) is 0.845. The van der Waals surface area contributed by atoms with Crippen LogP contribution in [0.5, 0.6) is 5.75 Å². The molecule has 1 rings (SSSR count). The number of carbonyl (C=O) groups excluding carboxylic acids is 1. The molecule has 3 nitrogen and oxygen atoms in total. The molecule has 0 unspecified atom stereocenters. The topological polar surface area (TPSA) is 60.4 Å². The maximum absolute atomic E-state index is 10.4. The van der Waals surface area contributed by atoms with Crippen LogP contribution in [-0.4, -0.2) is 11.1 Å². The molecule has 0 aromatic heterocycles. The summed E-state index contributed by atoms with van der Waals surface area (Å²) in [5, 5.41) is 19.4. The number of benzene rings is 1. The zero-order chi connectivity index (χ0) is 8.43. The van der Waals surface area contributed by atoms with E-state index in [4.69, 9.17) is 5.11 Å². The largest absolute Gasteiger partial charge is 1.00 e. The van der Waals surface area contributed by atoms with Gasteiger partial charge < -0.3 is 15.0 Å². The zero-order valence-corrected chi connectivity index (χ0v) is 7.00. The van der Waals surface area contributed by atoms with Crippen LogP contribution in [0.3, 0.4) is 0 Å². The average Bonchev–Trinajstić information content (AvgIpc) is 1.94. The van der Waals surface area contributed by atoms with E-state index in [1.165, 1.54) is 25.1 Å². The molecule has 0 heterocycles. The van der Waals surface area contributed by atoms with E-state index in [9.17, 15) is 9.90 Å². The Labute approximate surface area is 82.2 Å². The minimum Gasteiger partial charge on any atom is -0.545 e. The van der Waals surface area contributed by atoms with Gasteiger partial charge in [-0.2, -0.15) is 0 Å². The van der Waals surface area contributed by atoms with Gasteiger partial charge in [-0.3, -0.25) is 0 Å². The monoisotopic (exact) mass is 158 g/mol. The molecule has 0 amide bonds. The van der Waals surface area contributed by atoms with E-state index in [1.54, 1.807) is 0 Å². The van der Waals surface area contributed by atoms with Gasteiger partial charge in [0.2, 0.25) is 0 Å². The van der Waals surface area contributed by atoms with Crippen LogP contribution in [-0.2, 0) is 0 Å². The number of hydrogen-bond acceptors (Lipinski definition) is 3. The van der Waals surface area contributed by atoms with E-state index in [0.717, 1.165) is 0 Å². The summed E-state index contributed by atoms with van der Waals surface area (Å²) in [5.41, 5.74) is 0.373. The van der Waals surface area contributed by atoms with Gasteiger partial charge in [-0.25, -0.2) is 0 Å². The van der Waals surface area contributed by atoms with Crippen LogP contribution in [0.2, 0.25) is 0 Å². The molecule has 58 valence electrons. The predicted octanol–water partition coefficient (Wildman–Crippen LogP) is -2.93. The minimum atomic E-state index is -1.27. The van der Waals surface area contributed by atoms with Crippen LogP contribution in [0.25, 0.3) is 0 Å². The average molecular weight is 158 g/mol. The van der Waals surface area contributed by atoms with Crippen LogP contribution in [0.15, 0.2) is 18.2 Å². The maximum atomic E-state index is 10.4. The van der Waals surface area contributed by atoms with Crippen molar-refractivity contribution in [1.29, 1.82) is 0 Å². The molecule has 0 saturated heterocycles. The molecule has 0 aliphatic carbocycles. The van der Waals surface area contributed by atoms with Gasteiger partial charge in [0.15, 0.2) is 0 Å². The van der Waals surface area contributed by atoms with Gasteiger partial charge in [0.05, 0.1) is 5.97 Å². The van der Waals surface area contributed by atoms with Crippen molar-refractivity contribution in [1.82, 2.24) is 0 Å². The number of rotatable bonds is 1. The summed E-state index contributed by atoms with van der Waals surface area (Å²) in [5.74, 6) is -1.29. The number of carboxylic acids is 1. The van der Waals surface area contributed by atoms with Crippen molar-refractivity contribution in [3.05, 3.63) is 29.3 Å². The fraction of sp³-hybridized carbons (Fsp3) is 0.125. The van der Waals surface area contributed by atoms with E-state index in [-0.39, 0.29) is 30.2 Å². The molecular weight excluding hydrogens is 151 g/mol. The molecule has 0 fully saturated rings. The summed E-state index contributed by atoms with van der Waals surface area (Å²) >= 11 is 0. The second kappa shape index (κ2) is 4.20. The number of carbonyl (C=O) groups is 1. The van der Waals surface area contributed by atoms with Crippen LogP contribution in [0, 0.1) is 6.92 Å². The SMILES string of the molecule is Cc1c(O)cccc1C(=O)[O-].[Li+]. The first-order chi connectivity index (χ1) is 5.13. The molecular formula is C8H7LiO3. The Morgan fingerprint density at radius 2 is 2.08 bits per heavy atom. The van der Waals surface area contributed by atoms with Gasteiger partial charge in [-0.1, -0.05) is 12.1 Å². The van der Waals surface area contributed by atoms with Crippen molar-refractivity contribution in [3.63, 3.8) is 0 Å². The molecule has 0 radical (unpaired) electrons. The third kappa shape index (κ3) is 2.04. The number of phenolic OH excluding ortho intramolecular Hbond substituents is 1. The first-order valence-corrected chi connectivity index (χ1v) is 3.13. The quantitative estimate of drug-likeness (QED) is 0.445. The van der Waals surface area contributed by atoms with Crippen molar-refractivity contribution < 1.29 is 33.9 Å². The van der Waals surface area contributed by atoms with Crippen molar-refractivity contribution in [3.8, 4) is 5.75 Å². The zero-order valence-electron chi connectivity index (χ0n) is 7.00. The van der Waals surface area contributed by atoms with Crippen LogP contribution < -0.4 is 24.0 Å². The minimum absolute atomic E-state index is 0. The Morgan fingerprint density at radius 3 is 2.50 bits per heavy atom. The molecule has 12 heavy (non-hydrogen) atoms. The summed E-state index contributed by atoms with van der Waals surface area (Å²) in [7, 11) is 0. The predicted molar refractivity (Wildman–Crippen MR) is 37.2 cm³/mol. The van der Waals surface area contributed by atoms with E-state index in [2.05, 4.69) is 0 Å². The number of aromatic hydroxyl groups is 1. The molecule has 0 aliphatic heterocycles. The Morgan fingerprint density at radius 1 is 1.50 bits per heavy atom. The van der Waals surface area contributed by atoms with Gasteiger partial charge in [0.1, 0.15) is 5.75 Å².